The molecule has 0 rings (SSSR count). The van der Waals surface area contributed by atoms with E-state index < -0.39 is 6.10 Å². The molecule has 6 nitrogen and oxygen atoms in total. The van der Waals surface area contributed by atoms with Crippen LogP contribution in [0.2, 0.25) is 0 Å². The summed E-state index contributed by atoms with van der Waals surface area (Å²) in [6.45, 7) is 9.01. The topological polar surface area (TPSA) is 78.9 Å². The number of rotatable bonds is 44. The summed E-state index contributed by atoms with van der Waals surface area (Å²) >= 11 is 0. The van der Waals surface area contributed by atoms with E-state index in [1.807, 2.05) is 0 Å². The maximum absolute atomic E-state index is 12.7. The van der Waals surface area contributed by atoms with Gasteiger partial charge in [0.2, 0.25) is 0 Å². The molecular formula is C49H94O6. The molecule has 0 heterocycles. The highest BCUT2D eigenvalue weighted by Crippen LogP contribution is 2.17. The van der Waals surface area contributed by atoms with Crippen LogP contribution in [0.5, 0.6) is 0 Å². The van der Waals surface area contributed by atoms with Gasteiger partial charge in [-0.2, -0.15) is 0 Å². The van der Waals surface area contributed by atoms with Gasteiger partial charge in [0.05, 0.1) is 0 Å². The van der Waals surface area contributed by atoms with E-state index in [0.717, 1.165) is 63.7 Å². The Balaban J connectivity index is 4.33. The van der Waals surface area contributed by atoms with Crippen molar-refractivity contribution < 1.29 is 28.6 Å². The predicted octanol–water partition coefficient (Wildman–Crippen LogP) is 15.5. The molecule has 0 aliphatic carbocycles. The second kappa shape index (κ2) is 43.5. The van der Waals surface area contributed by atoms with Gasteiger partial charge in [0.1, 0.15) is 13.2 Å². The van der Waals surface area contributed by atoms with Gasteiger partial charge in [-0.1, -0.05) is 233 Å². The van der Waals surface area contributed by atoms with Crippen LogP contribution in [0.3, 0.4) is 0 Å². The molecule has 0 aromatic carbocycles. The molecular weight excluding hydrogens is 685 g/mol. The largest absolute Gasteiger partial charge is 0.462 e. The van der Waals surface area contributed by atoms with Gasteiger partial charge in [-0.25, -0.2) is 0 Å². The molecule has 55 heavy (non-hydrogen) atoms. The van der Waals surface area contributed by atoms with Crippen LogP contribution in [-0.4, -0.2) is 37.2 Å². The average molecular weight is 779 g/mol. The monoisotopic (exact) mass is 779 g/mol. The fraction of sp³-hybridized carbons (Fsp3) is 0.939. The van der Waals surface area contributed by atoms with Gasteiger partial charge in [-0.15, -0.1) is 0 Å². The number of carbonyl (C=O) groups excluding carboxylic acids is 3. The normalized spacial score (nSPS) is 12.4. The average Bonchev–Trinajstić information content (AvgIpc) is 3.18. The van der Waals surface area contributed by atoms with Crippen molar-refractivity contribution in [1.29, 1.82) is 0 Å². The van der Waals surface area contributed by atoms with Crippen molar-refractivity contribution in [3.8, 4) is 0 Å². The molecule has 0 aliphatic rings. The zero-order valence-corrected chi connectivity index (χ0v) is 37.4. The van der Waals surface area contributed by atoms with Crippen LogP contribution < -0.4 is 0 Å². The lowest BCUT2D eigenvalue weighted by Gasteiger charge is -2.18. The molecule has 1 unspecified atom stereocenters. The lowest BCUT2D eigenvalue weighted by atomic mass is 9.99. The molecule has 6 heteroatoms. The zero-order chi connectivity index (χ0) is 40.3. The molecule has 0 aromatic rings. The third-order valence-electron chi connectivity index (χ3n) is 11.4. The molecule has 0 N–H and O–H groups in total. The molecule has 0 bridgehead atoms. The summed E-state index contributed by atoms with van der Waals surface area (Å²) in [5.74, 6) is -0.00206. The SMILES string of the molecule is CCCCCCCCCCCCCCCC(=O)OC[C@@H](COC(=O)CCCCCCCCCCC(C)CC)OC(=O)CCCCCCCCCCCCCC. The molecule has 0 saturated carbocycles. The van der Waals surface area contributed by atoms with Crippen LogP contribution in [0.25, 0.3) is 0 Å². The molecule has 0 aromatic heterocycles. The van der Waals surface area contributed by atoms with Gasteiger partial charge in [-0.3, -0.25) is 14.4 Å². The first kappa shape index (κ1) is 53.4. The Bertz CT molecular complexity index is 828. The minimum atomic E-state index is -0.760. The maximum Gasteiger partial charge on any atom is 0.306 e. The fourth-order valence-corrected chi connectivity index (χ4v) is 7.30. The summed E-state index contributed by atoms with van der Waals surface area (Å²) in [5.41, 5.74) is 0. The van der Waals surface area contributed by atoms with Gasteiger partial charge in [0.25, 0.3) is 0 Å². The Labute approximate surface area is 342 Å². The van der Waals surface area contributed by atoms with Crippen LogP contribution in [0, 0.1) is 5.92 Å². The van der Waals surface area contributed by atoms with Crippen LogP contribution in [0.4, 0.5) is 0 Å². The number of hydrogen-bond donors (Lipinski definition) is 0. The third-order valence-corrected chi connectivity index (χ3v) is 11.4. The molecule has 326 valence electrons. The second-order valence-corrected chi connectivity index (χ2v) is 17.0. The van der Waals surface area contributed by atoms with Crippen molar-refractivity contribution in [2.45, 2.75) is 278 Å². The fourth-order valence-electron chi connectivity index (χ4n) is 7.30. The Morgan fingerprint density at radius 1 is 0.364 bits per heavy atom. The minimum absolute atomic E-state index is 0.0634. The molecule has 0 amide bonds. The summed E-state index contributed by atoms with van der Waals surface area (Å²) in [6.07, 6.45) is 43.6. The molecule has 0 fully saturated rings. The van der Waals surface area contributed by atoms with E-state index in [0.29, 0.717) is 19.3 Å². The number of ether oxygens (including phenoxy) is 3. The van der Waals surface area contributed by atoms with E-state index >= 15 is 0 Å². The number of esters is 3. The smallest absolute Gasteiger partial charge is 0.306 e. The lowest BCUT2D eigenvalue weighted by Crippen LogP contribution is -2.30. The highest BCUT2D eigenvalue weighted by molar-refractivity contribution is 5.71. The van der Waals surface area contributed by atoms with Gasteiger partial charge in [0, 0.05) is 19.3 Å². The van der Waals surface area contributed by atoms with Crippen molar-refractivity contribution in [1.82, 2.24) is 0 Å². The standard InChI is InChI=1S/C49H94O6/c1-5-8-10-12-14-16-18-20-22-23-28-32-36-40-47(50)53-43-46(55-49(52)42-38-34-30-24-21-19-17-15-13-11-9-6-2)44-54-48(51)41-37-33-29-26-25-27-31-35-39-45(4)7-3/h45-46H,5-44H2,1-4H3/t45?,46-/m0/s1. The van der Waals surface area contributed by atoms with Crippen LogP contribution in [0.1, 0.15) is 272 Å². The van der Waals surface area contributed by atoms with Gasteiger partial charge in [-0.05, 0) is 25.2 Å². The van der Waals surface area contributed by atoms with Crippen molar-refractivity contribution in [2.24, 2.45) is 5.92 Å². The molecule has 0 saturated heterocycles. The van der Waals surface area contributed by atoms with E-state index in [2.05, 4.69) is 27.7 Å². The zero-order valence-electron chi connectivity index (χ0n) is 37.4. The third kappa shape index (κ3) is 41.9. The van der Waals surface area contributed by atoms with Gasteiger partial charge >= 0.3 is 17.9 Å². The van der Waals surface area contributed by atoms with Crippen molar-refractivity contribution in [3.05, 3.63) is 0 Å². The highest BCUT2D eigenvalue weighted by Gasteiger charge is 2.19. The van der Waals surface area contributed by atoms with Gasteiger partial charge in [0.15, 0.2) is 6.10 Å². The summed E-state index contributed by atoms with van der Waals surface area (Å²) in [5, 5.41) is 0. The van der Waals surface area contributed by atoms with E-state index in [4.69, 9.17) is 14.2 Å². The van der Waals surface area contributed by atoms with Gasteiger partial charge < -0.3 is 14.2 Å². The molecule has 2 atom stereocenters. The number of unbranched alkanes of at least 4 members (excludes halogenated alkanes) is 30. The summed E-state index contributed by atoms with van der Waals surface area (Å²) in [4.78, 5) is 37.8. The molecule has 0 radical (unpaired) electrons. The first-order valence-electron chi connectivity index (χ1n) is 24.4. The van der Waals surface area contributed by atoms with Crippen LogP contribution in [-0.2, 0) is 28.6 Å². The van der Waals surface area contributed by atoms with Crippen molar-refractivity contribution >= 4 is 17.9 Å². The molecule has 0 aliphatic heterocycles. The Kier molecular flexibility index (Phi) is 42.3. The van der Waals surface area contributed by atoms with Crippen LogP contribution >= 0.6 is 0 Å². The summed E-state index contributed by atoms with van der Waals surface area (Å²) < 4.78 is 16.8. The van der Waals surface area contributed by atoms with Crippen molar-refractivity contribution in [2.75, 3.05) is 13.2 Å². The second-order valence-electron chi connectivity index (χ2n) is 17.0. The van der Waals surface area contributed by atoms with E-state index in [1.165, 1.54) is 167 Å². The quantitative estimate of drug-likeness (QED) is 0.0348. The molecule has 0 spiro atoms. The summed E-state index contributed by atoms with van der Waals surface area (Å²) in [6, 6.07) is 0. The Morgan fingerprint density at radius 2 is 0.636 bits per heavy atom. The minimum Gasteiger partial charge on any atom is -0.462 e. The van der Waals surface area contributed by atoms with Crippen molar-refractivity contribution in [3.63, 3.8) is 0 Å². The first-order chi connectivity index (χ1) is 26.9. The first-order valence-corrected chi connectivity index (χ1v) is 24.4. The highest BCUT2D eigenvalue weighted by atomic mass is 16.6. The number of carbonyl (C=O) groups is 3. The van der Waals surface area contributed by atoms with E-state index in [9.17, 15) is 14.4 Å². The predicted molar refractivity (Wildman–Crippen MR) is 233 cm³/mol. The Morgan fingerprint density at radius 3 is 0.945 bits per heavy atom. The van der Waals surface area contributed by atoms with E-state index in [1.54, 1.807) is 0 Å². The maximum atomic E-state index is 12.7. The Hall–Kier alpha value is -1.59. The summed E-state index contributed by atoms with van der Waals surface area (Å²) in [7, 11) is 0. The number of hydrogen-bond acceptors (Lipinski definition) is 6. The lowest BCUT2D eigenvalue weighted by molar-refractivity contribution is -0.167. The van der Waals surface area contributed by atoms with E-state index in [-0.39, 0.29) is 31.1 Å². The van der Waals surface area contributed by atoms with Crippen LogP contribution in [0.15, 0.2) is 0 Å².